The molecule has 0 aromatic heterocycles. The molecule has 34 heavy (non-hydrogen) atoms. The fourth-order valence-electron chi connectivity index (χ4n) is 4.01. The highest BCUT2D eigenvalue weighted by atomic mass is 35.5. The van der Waals surface area contributed by atoms with Gasteiger partial charge in [0.05, 0.1) is 18.6 Å². The van der Waals surface area contributed by atoms with Crippen LogP contribution in [0.1, 0.15) is 43.4 Å². The molecule has 8 heteroatoms. The van der Waals surface area contributed by atoms with E-state index < -0.39 is 11.7 Å². The standard InChI is InChI=1S/C26H32ClF3N2O2/c1-18(2)17-34-23-8-4-19(5-9-23)14-25(33)32(22-10-12-31(3)13-11-22)16-20-6-7-21(15-24(20)27)26(28,29)30/h4-9,15,18,22H,10-14,16-17H2,1-3H3. The molecular weight excluding hydrogens is 465 g/mol. The van der Waals surface area contributed by atoms with Crippen LogP contribution in [-0.4, -0.2) is 48.5 Å². The number of hydrogen-bond acceptors (Lipinski definition) is 3. The van der Waals surface area contributed by atoms with Gasteiger partial charge in [-0.3, -0.25) is 4.79 Å². The predicted molar refractivity (Wildman–Crippen MR) is 128 cm³/mol. The molecule has 0 saturated carbocycles. The van der Waals surface area contributed by atoms with Crippen LogP contribution in [0.25, 0.3) is 0 Å². The first kappa shape index (κ1) is 26.4. The van der Waals surface area contributed by atoms with Gasteiger partial charge >= 0.3 is 6.18 Å². The van der Waals surface area contributed by atoms with Crippen molar-refractivity contribution in [2.75, 3.05) is 26.7 Å². The van der Waals surface area contributed by atoms with Gasteiger partial charge in [0, 0.05) is 17.6 Å². The lowest BCUT2D eigenvalue weighted by Gasteiger charge is -2.37. The van der Waals surface area contributed by atoms with Crippen molar-refractivity contribution in [3.8, 4) is 5.75 Å². The van der Waals surface area contributed by atoms with E-state index in [1.165, 1.54) is 6.07 Å². The van der Waals surface area contributed by atoms with Crippen LogP contribution < -0.4 is 4.74 Å². The summed E-state index contributed by atoms with van der Waals surface area (Å²) in [7, 11) is 2.04. The average molecular weight is 497 g/mol. The number of carbonyl (C=O) groups is 1. The first-order chi connectivity index (χ1) is 16.0. The van der Waals surface area contributed by atoms with Crippen LogP contribution in [0, 0.1) is 5.92 Å². The smallest absolute Gasteiger partial charge is 0.416 e. The zero-order valence-corrected chi connectivity index (χ0v) is 20.6. The van der Waals surface area contributed by atoms with E-state index in [2.05, 4.69) is 18.7 Å². The Kier molecular flexibility index (Phi) is 8.88. The van der Waals surface area contributed by atoms with E-state index in [9.17, 15) is 18.0 Å². The molecule has 186 valence electrons. The van der Waals surface area contributed by atoms with Gasteiger partial charge in [0.1, 0.15) is 5.75 Å². The number of alkyl halides is 3. The topological polar surface area (TPSA) is 32.8 Å². The number of rotatable bonds is 8. The number of ether oxygens (including phenoxy) is 1. The lowest BCUT2D eigenvalue weighted by molar-refractivity contribution is -0.138. The summed E-state index contributed by atoms with van der Waals surface area (Å²) in [5.41, 5.74) is 0.580. The summed E-state index contributed by atoms with van der Waals surface area (Å²) >= 11 is 6.22. The highest BCUT2D eigenvalue weighted by Crippen LogP contribution is 2.33. The average Bonchev–Trinajstić information content (AvgIpc) is 2.78. The Morgan fingerprint density at radius 1 is 1.15 bits per heavy atom. The van der Waals surface area contributed by atoms with Crippen LogP contribution in [0.15, 0.2) is 42.5 Å². The molecule has 1 fully saturated rings. The van der Waals surface area contributed by atoms with Gasteiger partial charge < -0.3 is 14.5 Å². The Balaban J connectivity index is 1.76. The normalized spacial score (nSPS) is 15.5. The number of likely N-dealkylation sites (tertiary alicyclic amines) is 1. The zero-order valence-electron chi connectivity index (χ0n) is 19.9. The van der Waals surface area contributed by atoms with Crippen molar-refractivity contribution in [1.82, 2.24) is 9.80 Å². The molecule has 0 radical (unpaired) electrons. The molecule has 0 atom stereocenters. The Hall–Kier alpha value is -2.25. The van der Waals surface area contributed by atoms with E-state index in [-0.39, 0.29) is 29.9 Å². The van der Waals surface area contributed by atoms with Crippen molar-refractivity contribution in [2.45, 2.75) is 51.9 Å². The Labute approximate surface area is 204 Å². The second-order valence-electron chi connectivity index (χ2n) is 9.39. The van der Waals surface area contributed by atoms with Crippen molar-refractivity contribution in [1.29, 1.82) is 0 Å². The summed E-state index contributed by atoms with van der Waals surface area (Å²) in [6.45, 7) is 6.67. The molecule has 0 spiro atoms. The third kappa shape index (κ3) is 7.37. The van der Waals surface area contributed by atoms with E-state index in [0.29, 0.717) is 18.1 Å². The minimum absolute atomic E-state index is 0.00991. The molecule has 2 aromatic carbocycles. The summed E-state index contributed by atoms with van der Waals surface area (Å²) in [5.74, 6) is 1.11. The number of nitrogens with zero attached hydrogens (tertiary/aromatic N) is 2. The number of hydrogen-bond donors (Lipinski definition) is 0. The van der Waals surface area contributed by atoms with E-state index in [1.807, 2.05) is 31.3 Å². The molecular formula is C26H32ClF3N2O2. The molecule has 1 aliphatic rings. The number of carbonyl (C=O) groups excluding carboxylic acids is 1. The number of benzene rings is 2. The Bertz CT molecular complexity index is 956. The van der Waals surface area contributed by atoms with Gasteiger partial charge in [0.25, 0.3) is 0 Å². The molecule has 4 nitrogen and oxygen atoms in total. The minimum atomic E-state index is -4.46. The van der Waals surface area contributed by atoms with E-state index in [0.717, 1.165) is 49.4 Å². The minimum Gasteiger partial charge on any atom is -0.493 e. The summed E-state index contributed by atoms with van der Waals surface area (Å²) in [4.78, 5) is 17.4. The second-order valence-corrected chi connectivity index (χ2v) is 9.79. The monoisotopic (exact) mass is 496 g/mol. The van der Waals surface area contributed by atoms with E-state index in [1.54, 1.807) is 4.90 Å². The molecule has 0 N–H and O–H groups in total. The second kappa shape index (κ2) is 11.5. The third-order valence-corrected chi connectivity index (χ3v) is 6.38. The van der Waals surface area contributed by atoms with Crippen molar-refractivity contribution < 1.29 is 22.7 Å². The largest absolute Gasteiger partial charge is 0.493 e. The van der Waals surface area contributed by atoms with Crippen LogP contribution in [0.2, 0.25) is 5.02 Å². The molecule has 0 unspecified atom stereocenters. The van der Waals surface area contributed by atoms with Crippen LogP contribution in [0.4, 0.5) is 13.2 Å². The summed E-state index contributed by atoms with van der Waals surface area (Å²) in [5, 5.41) is 0.0206. The molecule has 2 aromatic rings. The van der Waals surface area contributed by atoms with Gasteiger partial charge in [-0.2, -0.15) is 13.2 Å². The quantitative estimate of drug-likeness (QED) is 0.445. The molecule has 3 rings (SSSR count). The highest BCUT2D eigenvalue weighted by molar-refractivity contribution is 6.31. The van der Waals surface area contributed by atoms with Gasteiger partial charge in [0.2, 0.25) is 5.91 Å². The fraction of sp³-hybridized carbons (Fsp3) is 0.500. The Morgan fingerprint density at radius 3 is 2.35 bits per heavy atom. The van der Waals surface area contributed by atoms with Crippen molar-refractivity contribution in [3.63, 3.8) is 0 Å². The number of amides is 1. The van der Waals surface area contributed by atoms with Gasteiger partial charge in [-0.15, -0.1) is 0 Å². The summed E-state index contributed by atoms with van der Waals surface area (Å²) < 4.78 is 44.8. The summed E-state index contributed by atoms with van der Waals surface area (Å²) in [6.07, 6.45) is -2.64. The van der Waals surface area contributed by atoms with Crippen molar-refractivity contribution in [2.24, 2.45) is 5.92 Å². The highest BCUT2D eigenvalue weighted by Gasteiger charge is 2.32. The van der Waals surface area contributed by atoms with Crippen molar-refractivity contribution in [3.05, 3.63) is 64.2 Å². The number of halogens is 4. The van der Waals surface area contributed by atoms with Crippen LogP contribution >= 0.6 is 11.6 Å². The third-order valence-electron chi connectivity index (χ3n) is 6.03. The molecule has 1 heterocycles. The predicted octanol–water partition coefficient (Wildman–Crippen LogP) is 6.06. The van der Waals surface area contributed by atoms with Gasteiger partial charge in [-0.05, 0) is 74.3 Å². The van der Waals surface area contributed by atoms with Gasteiger partial charge in [-0.1, -0.05) is 43.6 Å². The summed E-state index contributed by atoms with van der Waals surface area (Å²) in [6, 6.07) is 10.8. The van der Waals surface area contributed by atoms with Gasteiger partial charge in [0.15, 0.2) is 0 Å². The fourth-order valence-corrected chi connectivity index (χ4v) is 4.25. The molecule has 0 aliphatic carbocycles. The first-order valence-electron chi connectivity index (χ1n) is 11.6. The maximum Gasteiger partial charge on any atom is 0.416 e. The maximum atomic E-state index is 13.4. The maximum absolute atomic E-state index is 13.4. The zero-order chi connectivity index (χ0) is 24.9. The lowest BCUT2D eigenvalue weighted by Crippen LogP contribution is -2.46. The SMILES string of the molecule is CC(C)COc1ccc(CC(=O)N(Cc2ccc(C(F)(F)F)cc2Cl)C2CCN(C)CC2)cc1. The lowest BCUT2D eigenvalue weighted by atomic mass is 10.0. The van der Waals surface area contributed by atoms with E-state index >= 15 is 0 Å². The number of piperidine rings is 1. The molecule has 1 amide bonds. The molecule has 1 saturated heterocycles. The van der Waals surface area contributed by atoms with E-state index in [4.69, 9.17) is 16.3 Å². The molecule has 0 bridgehead atoms. The van der Waals surface area contributed by atoms with Gasteiger partial charge in [-0.25, -0.2) is 0 Å². The first-order valence-corrected chi connectivity index (χ1v) is 12.0. The van der Waals surface area contributed by atoms with Crippen LogP contribution in [-0.2, 0) is 23.9 Å². The molecule has 1 aliphatic heterocycles. The Morgan fingerprint density at radius 2 is 1.79 bits per heavy atom. The van der Waals surface area contributed by atoms with Crippen LogP contribution in [0.3, 0.4) is 0 Å². The van der Waals surface area contributed by atoms with Crippen LogP contribution in [0.5, 0.6) is 5.75 Å². The van der Waals surface area contributed by atoms with Crippen molar-refractivity contribution >= 4 is 17.5 Å².